The number of para-hydroxylation sites is 2. The number of hydrogen-bond donors (Lipinski definition) is 1. The van der Waals surface area contributed by atoms with E-state index in [-0.39, 0.29) is 5.91 Å². The lowest BCUT2D eigenvalue weighted by molar-refractivity contribution is -0.116. The maximum Gasteiger partial charge on any atom is 0.244 e. The molecule has 1 aromatic carbocycles. The van der Waals surface area contributed by atoms with Gasteiger partial charge in [0.25, 0.3) is 0 Å². The number of oxazole rings is 1. The average Bonchev–Trinajstić information content (AvgIpc) is 3.02. The Labute approximate surface area is 141 Å². The Balaban J connectivity index is 1.44. The third-order valence-electron chi connectivity index (χ3n) is 3.99. The summed E-state index contributed by atoms with van der Waals surface area (Å²) in [5.41, 5.74) is 1.51. The van der Waals surface area contributed by atoms with Crippen LogP contribution in [0.5, 0.6) is 0 Å². The number of fused-ring (bicyclic) bond motifs is 1. The highest BCUT2D eigenvalue weighted by molar-refractivity contribution is 5.91. The Morgan fingerprint density at radius 1 is 1.38 bits per heavy atom. The van der Waals surface area contributed by atoms with Gasteiger partial charge in [0.05, 0.1) is 13.2 Å². The standard InChI is InChI=1S/C18H23N3O3/c1-14(13-21-8-10-23-11-9-21)12-19-17(22)6-7-18-20-15-4-2-3-5-16(15)24-18/h2-7,14H,8-13H2,1H3,(H,19,22)/b7-6-/t14-/m0/s1. The van der Waals surface area contributed by atoms with E-state index in [2.05, 4.69) is 22.1 Å². The topological polar surface area (TPSA) is 67.6 Å². The van der Waals surface area contributed by atoms with Gasteiger partial charge in [-0.25, -0.2) is 4.98 Å². The van der Waals surface area contributed by atoms with Crippen LogP contribution in [0.2, 0.25) is 0 Å². The summed E-state index contributed by atoms with van der Waals surface area (Å²) in [6, 6.07) is 7.53. The fraction of sp³-hybridized carbons (Fsp3) is 0.444. The summed E-state index contributed by atoms with van der Waals surface area (Å²) in [5.74, 6) is 0.698. The van der Waals surface area contributed by atoms with Crippen molar-refractivity contribution in [3.63, 3.8) is 0 Å². The van der Waals surface area contributed by atoms with Gasteiger partial charge in [0.1, 0.15) is 5.52 Å². The third-order valence-corrected chi connectivity index (χ3v) is 3.99. The summed E-state index contributed by atoms with van der Waals surface area (Å²) in [7, 11) is 0. The third kappa shape index (κ3) is 4.66. The van der Waals surface area contributed by atoms with Crippen LogP contribution in [0.15, 0.2) is 34.8 Å². The van der Waals surface area contributed by atoms with Gasteiger partial charge in [0, 0.05) is 38.3 Å². The zero-order valence-corrected chi connectivity index (χ0v) is 13.9. The molecule has 6 heteroatoms. The second-order valence-corrected chi connectivity index (χ2v) is 6.12. The normalized spacial score (nSPS) is 17.4. The van der Waals surface area contributed by atoms with Crippen LogP contribution in [0.4, 0.5) is 0 Å². The molecule has 0 radical (unpaired) electrons. The molecule has 1 atom stereocenters. The molecular weight excluding hydrogens is 306 g/mol. The van der Waals surface area contributed by atoms with Crippen LogP contribution in [0, 0.1) is 5.92 Å². The summed E-state index contributed by atoms with van der Waals surface area (Å²) < 4.78 is 10.9. The van der Waals surface area contributed by atoms with E-state index in [0.29, 0.717) is 18.4 Å². The highest BCUT2D eigenvalue weighted by Gasteiger charge is 2.13. The van der Waals surface area contributed by atoms with Crippen molar-refractivity contribution in [3.05, 3.63) is 36.2 Å². The molecule has 1 fully saturated rings. The van der Waals surface area contributed by atoms with Crippen molar-refractivity contribution in [2.24, 2.45) is 5.92 Å². The minimum atomic E-state index is -0.133. The molecule has 6 nitrogen and oxygen atoms in total. The SMILES string of the molecule is C[C@@H](CNC(=O)/C=C\c1nc2ccccc2o1)CN1CCOCC1. The number of hydrogen-bond acceptors (Lipinski definition) is 5. The summed E-state index contributed by atoms with van der Waals surface area (Å²) >= 11 is 0. The highest BCUT2D eigenvalue weighted by atomic mass is 16.5. The second kappa shape index (κ2) is 8.08. The number of carbonyl (C=O) groups is 1. The van der Waals surface area contributed by atoms with Crippen LogP contribution in [-0.4, -0.2) is 55.2 Å². The number of aromatic nitrogens is 1. The molecule has 1 amide bonds. The summed E-state index contributed by atoms with van der Waals surface area (Å²) in [6.07, 6.45) is 3.06. The lowest BCUT2D eigenvalue weighted by Gasteiger charge is -2.29. The lowest BCUT2D eigenvalue weighted by Crippen LogP contribution is -2.41. The van der Waals surface area contributed by atoms with Gasteiger partial charge in [0.2, 0.25) is 11.8 Å². The molecule has 0 unspecified atom stereocenters. The Hall–Kier alpha value is -2.18. The van der Waals surface area contributed by atoms with Crippen molar-refractivity contribution < 1.29 is 13.9 Å². The van der Waals surface area contributed by atoms with Gasteiger partial charge in [0.15, 0.2) is 5.58 Å². The molecule has 0 spiro atoms. The predicted octanol–water partition coefficient (Wildman–Crippen LogP) is 1.93. The van der Waals surface area contributed by atoms with Gasteiger partial charge in [-0.05, 0) is 18.1 Å². The first-order chi connectivity index (χ1) is 11.7. The largest absolute Gasteiger partial charge is 0.437 e. The Bertz CT molecular complexity index is 671. The van der Waals surface area contributed by atoms with Gasteiger partial charge < -0.3 is 14.5 Å². The quantitative estimate of drug-likeness (QED) is 0.820. The molecule has 1 N–H and O–H groups in total. The van der Waals surface area contributed by atoms with Crippen LogP contribution in [0.25, 0.3) is 17.2 Å². The Morgan fingerprint density at radius 3 is 2.96 bits per heavy atom. The molecular formula is C18H23N3O3. The molecule has 2 heterocycles. The van der Waals surface area contributed by atoms with Crippen molar-refractivity contribution in [1.29, 1.82) is 0 Å². The van der Waals surface area contributed by atoms with E-state index >= 15 is 0 Å². The number of ether oxygens (including phenoxy) is 1. The zero-order valence-electron chi connectivity index (χ0n) is 13.9. The minimum Gasteiger partial charge on any atom is -0.437 e. The average molecular weight is 329 g/mol. The fourth-order valence-corrected chi connectivity index (χ4v) is 2.73. The van der Waals surface area contributed by atoms with Gasteiger partial charge in [-0.15, -0.1) is 0 Å². The molecule has 24 heavy (non-hydrogen) atoms. The van der Waals surface area contributed by atoms with Gasteiger partial charge in [-0.2, -0.15) is 0 Å². The van der Waals surface area contributed by atoms with Crippen LogP contribution in [-0.2, 0) is 9.53 Å². The van der Waals surface area contributed by atoms with E-state index in [1.807, 2.05) is 24.3 Å². The molecule has 0 bridgehead atoms. The Morgan fingerprint density at radius 2 is 2.17 bits per heavy atom. The molecule has 1 saturated heterocycles. The van der Waals surface area contributed by atoms with Crippen LogP contribution in [0.3, 0.4) is 0 Å². The fourth-order valence-electron chi connectivity index (χ4n) is 2.73. The van der Waals surface area contributed by atoms with Gasteiger partial charge in [-0.3, -0.25) is 9.69 Å². The van der Waals surface area contributed by atoms with Crippen molar-refractivity contribution >= 4 is 23.1 Å². The Kier molecular flexibility index (Phi) is 5.61. The summed E-state index contributed by atoms with van der Waals surface area (Å²) in [5, 5.41) is 2.92. The molecule has 3 rings (SSSR count). The molecule has 0 aliphatic carbocycles. The summed E-state index contributed by atoms with van der Waals surface area (Å²) in [6.45, 7) is 7.29. The smallest absolute Gasteiger partial charge is 0.244 e. The molecule has 0 saturated carbocycles. The number of amides is 1. The van der Waals surface area contributed by atoms with Crippen molar-refractivity contribution in [1.82, 2.24) is 15.2 Å². The maximum atomic E-state index is 11.9. The monoisotopic (exact) mass is 329 g/mol. The van der Waals surface area contributed by atoms with E-state index in [4.69, 9.17) is 9.15 Å². The van der Waals surface area contributed by atoms with Crippen LogP contribution in [0.1, 0.15) is 12.8 Å². The van der Waals surface area contributed by atoms with E-state index in [1.165, 1.54) is 6.08 Å². The summed E-state index contributed by atoms with van der Waals surface area (Å²) in [4.78, 5) is 18.6. The number of nitrogens with one attached hydrogen (secondary N) is 1. The molecule has 128 valence electrons. The van der Waals surface area contributed by atoms with Crippen LogP contribution >= 0.6 is 0 Å². The van der Waals surface area contributed by atoms with Gasteiger partial charge >= 0.3 is 0 Å². The van der Waals surface area contributed by atoms with Crippen molar-refractivity contribution in [3.8, 4) is 0 Å². The van der Waals surface area contributed by atoms with Crippen molar-refractivity contribution in [2.75, 3.05) is 39.4 Å². The molecule has 1 aliphatic heterocycles. The maximum absolute atomic E-state index is 11.9. The lowest BCUT2D eigenvalue weighted by atomic mass is 10.1. The number of rotatable bonds is 6. The highest BCUT2D eigenvalue weighted by Crippen LogP contribution is 2.15. The minimum absolute atomic E-state index is 0.133. The number of carbonyl (C=O) groups excluding carboxylic acids is 1. The second-order valence-electron chi connectivity index (χ2n) is 6.12. The molecule has 2 aromatic rings. The van der Waals surface area contributed by atoms with E-state index < -0.39 is 0 Å². The molecule has 1 aliphatic rings. The van der Waals surface area contributed by atoms with E-state index in [1.54, 1.807) is 6.08 Å². The first-order valence-corrected chi connectivity index (χ1v) is 8.32. The predicted molar refractivity (Wildman–Crippen MR) is 92.5 cm³/mol. The van der Waals surface area contributed by atoms with E-state index in [0.717, 1.165) is 43.9 Å². The van der Waals surface area contributed by atoms with Gasteiger partial charge in [-0.1, -0.05) is 19.1 Å². The van der Waals surface area contributed by atoms with Crippen LogP contribution < -0.4 is 5.32 Å². The number of nitrogens with zero attached hydrogens (tertiary/aromatic N) is 2. The first kappa shape index (κ1) is 16.7. The van der Waals surface area contributed by atoms with E-state index in [9.17, 15) is 4.79 Å². The number of morpholine rings is 1. The number of benzene rings is 1. The molecule has 1 aromatic heterocycles. The first-order valence-electron chi connectivity index (χ1n) is 8.32. The zero-order chi connectivity index (χ0) is 16.8. The van der Waals surface area contributed by atoms with Crippen molar-refractivity contribution in [2.45, 2.75) is 6.92 Å².